The zero-order chi connectivity index (χ0) is 11.4. The molecule has 0 spiro atoms. The Morgan fingerprint density at radius 1 is 1.50 bits per heavy atom. The minimum Gasteiger partial charge on any atom is -0.298 e. The quantitative estimate of drug-likeness (QED) is 0.793. The summed E-state index contributed by atoms with van der Waals surface area (Å²) < 4.78 is 0. The molecule has 2 rings (SSSR count). The summed E-state index contributed by atoms with van der Waals surface area (Å²) in [6, 6.07) is 11.2. The van der Waals surface area contributed by atoms with Crippen LogP contribution in [-0.4, -0.2) is 17.8 Å². The molecule has 1 aliphatic carbocycles. The van der Waals surface area contributed by atoms with Gasteiger partial charge in [-0.1, -0.05) is 18.2 Å². The van der Waals surface area contributed by atoms with Crippen molar-refractivity contribution in [3.63, 3.8) is 0 Å². The maximum Gasteiger partial charge on any atom is 0.105 e. The summed E-state index contributed by atoms with van der Waals surface area (Å²) in [7, 11) is 0. The molecule has 1 unspecified atom stereocenters. The molecule has 1 aromatic carbocycles. The first-order chi connectivity index (χ1) is 7.79. The number of nitrogens with one attached hydrogen (secondary N) is 1. The van der Waals surface area contributed by atoms with Crippen LogP contribution in [0.1, 0.15) is 18.4 Å². The Kier molecular flexibility index (Phi) is 3.87. The zero-order valence-corrected chi connectivity index (χ0v) is 10.3. The third kappa shape index (κ3) is 3.26. The molecule has 1 saturated carbocycles. The van der Waals surface area contributed by atoms with Gasteiger partial charge in [-0.25, -0.2) is 0 Å². The third-order valence-corrected chi connectivity index (χ3v) is 3.94. The summed E-state index contributed by atoms with van der Waals surface area (Å²) in [4.78, 5) is 1.28. The average molecular weight is 232 g/mol. The number of hydrogen-bond donors (Lipinski definition) is 1. The second kappa shape index (κ2) is 5.38. The Morgan fingerprint density at radius 3 is 2.88 bits per heavy atom. The van der Waals surface area contributed by atoms with Gasteiger partial charge in [0.2, 0.25) is 0 Å². The van der Waals surface area contributed by atoms with Crippen LogP contribution in [0.3, 0.4) is 0 Å². The van der Waals surface area contributed by atoms with Gasteiger partial charge in [-0.3, -0.25) is 5.32 Å². The monoisotopic (exact) mass is 232 g/mol. The van der Waals surface area contributed by atoms with Gasteiger partial charge in [0.25, 0.3) is 0 Å². The molecular formula is C13H16N2S. The Hall–Kier alpha value is -0.980. The summed E-state index contributed by atoms with van der Waals surface area (Å²) in [5.74, 6) is 0.831. The van der Waals surface area contributed by atoms with Crippen LogP contribution < -0.4 is 5.32 Å². The molecule has 0 amide bonds. The lowest BCUT2D eigenvalue weighted by molar-refractivity contribution is 0.644. The maximum atomic E-state index is 9.02. The highest BCUT2D eigenvalue weighted by molar-refractivity contribution is 7.99. The minimum atomic E-state index is -0.0166. The lowest BCUT2D eigenvalue weighted by Crippen LogP contribution is -2.31. The van der Waals surface area contributed by atoms with E-state index in [9.17, 15) is 0 Å². The number of hydrogen-bond acceptors (Lipinski definition) is 3. The van der Waals surface area contributed by atoms with E-state index >= 15 is 0 Å². The van der Waals surface area contributed by atoms with Crippen LogP contribution in [0.15, 0.2) is 29.2 Å². The summed E-state index contributed by atoms with van der Waals surface area (Å²) in [6.45, 7) is 2.11. The van der Waals surface area contributed by atoms with Gasteiger partial charge in [0.05, 0.1) is 6.07 Å². The van der Waals surface area contributed by atoms with E-state index in [2.05, 4.69) is 30.4 Å². The molecule has 1 fully saturated rings. The first-order valence-corrected chi connectivity index (χ1v) is 6.62. The first kappa shape index (κ1) is 11.5. The Balaban J connectivity index is 1.85. The van der Waals surface area contributed by atoms with Crippen LogP contribution >= 0.6 is 11.8 Å². The van der Waals surface area contributed by atoms with E-state index in [1.165, 1.54) is 23.3 Å². The molecule has 2 nitrogen and oxygen atoms in total. The van der Waals surface area contributed by atoms with Crippen LogP contribution in [0.2, 0.25) is 0 Å². The largest absolute Gasteiger partial charge is 0.298 e. The Bertz CT molecular complexity index is 393. The highest BCUT2D eigenvalue weighted by atomic mass is 32.2. The van der Waals surface area contributed by atoms with Gasteiger partial charge in [0.1, 0.15) is 6.04 Å². The van der Waals surface area contributed by atoms with Crippen LogP contribution in [0.25, 0.3) is 0 Å². The van der Waals surface area contributed by atoms with Crippen molar-refractivity contribution in [2.75, 3.05) is 5.75 Å². The first-order valence-electron chi connectivity index (χ1n) is 5.63. The number of nitriles is 1. The van der Waals surface area contributed by atoms with Gasteiger partial charge in [-0.05, 0) is 31.4 Å². The molecule has 0 bridgehead atoms. The number of nitrogens with zero attached hydrogens (tertiary/aromatic N) is 1. The van der Waals surface area contributed by atoms with Gasteiger partial charge >= 0.3 is 0 Å². The number of benzene rings is 1. The van der Waals surface area contributed by atoms with Crippen LogP contribution in [-0.2, 0) is 0 Å². The highest BCUT2D eigenvalue weighted by Crippen LogP contribution is 2.24. The van der Waals surface area contributed by atoms with E-state index in [1.807, 2.05) is 12.1 Å². The fourth-order valence-corrected chi connectivity index (χ4v) is 2.54. The second-order valence-electron chi connectivity index (χ2n) is 4.20. The van der Waals surface area contributed by atoms with Crippen molar-refractivity contribution in [3.05, 3.63) is 29.8 Å². The van der Waals surface area contributed by atoms with Crippen molar-refractivity contribution >= 4 is 11.8 Å². The molecule has 84 valence electrons. The predicted octanol–water partition coefficient (Wildman–Crippen LogP) is 2.73. The molecule has 1 atom stereocenters. The average Bonchev–Trinajstić information content (AvgIpc) is 3.10. The van der Waals surface area contributed by atoms with E-state index in [0.29, 0.717) is 6.04 Å². The van der Waals surface area contributed by atoms with E-state index in [0.717, 1.165) is 5.75 Å². The standard InChI is InChI=1S/C13H16N2S/c1-10-4-2-3-5-13(10)16-9-12(8-14)15-11-6-7-11/h2-5,11-12,15H,6-7,9H2,1H3. The summed E-state index contributed by atoms with van der Waals surface area (Å²) in [5.41, 5.74) is 1.29. The summed E-state index contributed by atoms with van der Waals surface area (Å²) in [6.07, 6.45) is 2.46. The normalized spacial score (nSPS) is 16.8. The molecule has 0 aromatic heterocycles. The molecule has 0 radical (unpaired) electrons. The van der Waals surface area contributed by atoms with Crippen LogP contribution in [0.5, 0.6) is 0 Å². The Morgan fingerprint density at radius 2 is 2.25 bits per heavy atom. The highest BCUT2D eigenvalue weighted by Gasteiger charge is 2.24. The van der Waals surface area contributed by atoms with Gasteiger partial charge in [0, 0.05) is 16.7 Å². The summed E-state index contributed by atoms with van der Waals surface area (Å²) >= 11 is 1.76. The van der Waals surface area contributed by atoms with Gasteiger partial charge in [-0.2, -0.15) is 5.26 Å². The number of thioether (sulfide) groups is 1. The smallest absolute Gasteiger partial charge is 0.105 e. The summed E-state index contributed by atoms with van der Waals surface area (Å²) in [5, 5.41) is 12.4. The fourth-order valence-electron chi connectivity index (χ4n) is 1.55. The van der Waals surface area contributed by atoms with E-state index in [4.69, 9.17) is 5.26 Å². The Labute approximate surface area is 101 Å². The van der Waals surface area contributed by atoms with Crippen molar-refractivity contribution < 1.29 is 0 Å². The lowest BCUT2D eigenvalue weighted by Gasteiger charge is -2.11. The molecule has 1 N–H and O–H groups in total. The molecule has 0 aliphatic heterocycles. The van der Waals surface area contributed by atoms with E-state index < -0.39 is 0 Å². The van der Waals surface area contributed by atoms with Crippen molar-refractivity contribution in [2.24, 2.45) is 0 Å². The SMILES string of the molecule is Cc1ccccc1SCC(C#N)NC1CC1. The predicted molar refractivity (Wildman–Crippen MR) is 67.5 cm³/mol. The van der Waals surface area contributed by atoms with Crippen molar-refractivity contribution in [3.8, 4) is 6.07 Å². The zero-order valence-electron chi connectivity index (χ0n) is 9.44. The molecule has 16 heavy (non-hydrogen) atoms. The van der Waals surface area contributed by atoms with Gasteiger partial charge in [-0.15, -0.1) is 11.8 Å². The fraction of sp³-hybridized carbons (Fsp3) is 0.462. The van der Waals surface area contributed by atoms with Crippen LogP contribution in [0.4, 0.5) is 0 Å². The molecule has 1 aliphatic rings. The molecular weight excluding hydrogens is 216 g/mol. The van der Waals surface area contributed by atoms with Crippen molar-refractivity contribution in [2.45, 2.75) is 36.7 Å². The molecule has 0 heterocycles. The lowest BCUT2D eigenvalue weighted by atomic mass is 10.2. The maximum absolute atomic E-state index is 9.02. The minimum absolute atomic E-state index is 0.0166. The van der Waals surface area contributed by atoms with Gasteiger partial charge in [0.15, 0.2) is 0 Å². The number of rotatable bonds is 5. The second-order valence-corrected chi connectivity index (χ2v) is 5.26. The van der Waals surface area contributed by atoms with E-state index in [-0.39, 0.29) is 6.04 Å². The van der Waals surface area contributed by atoms with Gasteiger partial charge < -0.3 is 0 Å². The van der Waals surface area contributed by atoms with Crippen molar-refractivity contribution in [1.82, 2.24) is 5.32 Å². The molecule has 1 aromatic rings. The number of aryl methyl sites for hydroxylation is 1. The molecule has 3 heteroatoms. The molecule has 0 saturated heterocycles. The van der Waals surface area contributed by atoms with Crippen LogP contribution in [0, 0.1) is 18.3 Å². The third-order valence-electron chi connectivity index (χ3n) is 2.67. The topological polar surface area (TPSA) is 35.8 Å². The van der Waals surface area contributed by atoms with Crippen molar-refractivity contribution in [1.29, 1.82) is 5.26 Å². The van der Waals surface area contributed by atoms with E-state index in [1.54, 1.807) is 11.8 Å².